The van der Waals surface area contributed by atoms with Crippen molar-refractivity contribution < 1.29 is 0 Å². The van der Waals surface area contributed by atoms with E-state index in [1.807, 2.05) is 0 Å². The molecule has 0 radical (unpaired) electrons. The van der Waals surface area contributed by atoms with E-state index in [0.717, 1.165) is 18.3 Å². The molecule has 1 atom stereocenters. The fourth-order valence-electron chi connectivity index (χ4n) is 4.01. The second kappa shape index (κ2) is 5.24. The molecule has 2 fully saturated rings. The van der Waals surface area contributed by atoms with Crippen molar-refractivity contribution in [2.75, 3.05) is 42.9 Å². The lowest BCUT2D eigenvalue weighted by Gasteiger charge is -2.28. The van der Waals surface area contributed by atoms with Crippen LogP contribution in [0.4, 0.5) is 11.6 Å². The summed E-state index contributed by atoms with van der Waals surface area (Å²) in [7, 11) is 0. The zero-order valence-electron chi connectivity index (χ0n) is 12.1. The number of fused-ring (bicyclic) bond motifs is 1. The summed E-state index contributed by atoms with van der Waals surface area (Å²) in [5.41, 5.74) is 1.46. The van der Waals surface area contributed by atoms with Crippen molar-refractivity contribution in [2.45, 2.75) is 31.6 Å². The first kappa shape index (κ1) is 12.5. The van der Waals surface area contributed by atoms with Crippen LogP contribution in [-0.4, -0.2) is 37.7 Å². The third-order valence-electron chi connectivity index (χ3n) is 5.18. The summed E-state index contributed by atoms with van der Waals surface area (Å²) in [4.78, 5) is 7.30. The van der Waals surface area contributed by atoms with Crippen LogP contribution in [0, 0.1) is 5.92 Å². The summed E-state index contributed by atoms with van der Waals surface area (Å²) < 4.78 is 0. The van der Waals surface area contributed by atoms with Crippen LogP contribution in [0.5, 0.6) is 0 Å². The Morgan fingerprint density at radius 3 is 2.70 bits per heavy atom. The van der Waals surface area contributed by atoms with E-state index < -0.39 is 0 Å². The van der Waals surface area contributed by atoms with Gasteiger partial charge < -0.3 is 15.5 Å². The standard InChI is InChI=1S/C16H24N4/c1-2-10-20(9-1)15-4-3-13-14(11-18-16(13)19-15)12-5-7-17-8-6-12/h3-4,12,14,17H,1-2,5-11H2,(H,18,19). The van der Waals surface area contributed by atoms with Crippen LogP contribution in [0.1, 0.15) is 37.2 Å². The van der Waals surface area contributed by atoms with Crippen LogP contribution in [0.15, 0.2) is 12.1 Å². The smallest absolute Gasteiger partial charge is 0.131 e. The van der Waals surface area contributed by atoms with Gasteiger partial charge in [0.2, 0.25) is 0 Å². The molecule has 1 aromatic rings. The Balaban J connectivity index is 1.56. The molecule has 4 nitrogen and oxygen atoms in total. The zero-order valence-corrected chi connectivity index (χ0v) is 12.1. The van der Waals surface area contributed by atoms with Gasteiger partial charge in [0.25, 0.3) is 0 Å². The Kier molecular flexibility index (Phi) is 3.26. The van der Waals surface area contributed by atoms with Gasteiger partial charge in [0.1, 0.15) is 11.6 Å². The molecular formula is C16H24N4. The minimum Gasteiger partial charge on any atom is -0.369 e. The maximum atomic E-state index is 4.88. The van der Waals surface area contributed by atoms with Crippen LogP contribution in [0.25, 0.3) is 0 Å². The topological polar surface area (TPSA) is 40.2 Å². The number of piperidine rings is 1. The van der Waals surface area contributed by atoms with Gasteiger partial charge >= 0.3 is 0 Å². The lowest BCUT2D eigenvalue weighted by atomic mass is 9.82. The molecule has 4 heterocycles. The number of hydrogen-bond acceptors (Lipinski definition) is 4. The highest BCUT2D eigenvalue weighted by Gasteiger charge is 2.31. The van der Waals surface area contributed by atoms with Crippen molar-refractivity contribution in [1.82, 2.24) is 10.3 Å². The maximum Gasteiger partial charge on any atom is 0.131 e. The Bertz CT molecular complexity index is 475. The molecule has 0 aromatic carbocycles. The Hall–Kier alpha value is -1.29. The van der Waals surface area contributed by atoms with E-state index in [-0.39, 0.29) is 0 Å². The molecule has 2 N–H and O–H groups in total. The molecule has 0 amide bonds. The van der Waals surface area contributed by atoms with Crippen LogP contribution >= 0.6 is 0 Å². The van der Waals surface area contributed by atoms with Crippen molar-refractivity contribution in [3.8, 4) is 0 Å². The van der Waals surface area contributed by atoms with Crippen LogP contribution in [-0.2, 0) is 0 Å². The SMILES string of the molecule is c1cc2c(nc1N1CCCC1)NCC2C1CCNCC1. The fraction of sp³-hybridized carbons (Fsp3) is 0.688. The van der Waals surface area contributed by atoms with E-state index in [1.165, 1.54) is 63.2 Å². The first-order valence-electron chi connectivity index (χ1n) is 8.12. The van der Waals surface area contributed by atoms with Crippen LogP contribution < -0.4 is 15.5 Å². The number of hydrogen-bond donors (Lipinski definition) is 2. The number of nitrogens with one attached hydrogen (secondary N) is 2. The number of rotatable bonds is 2. The zero-order chi connectivity index (χ0) is 13.4. The molecule has 108 valence electrons. The average Bonchev–Trinajstić information content (AvgIpc) is 3.17. The molecule has 1 unspecified atom stereocenters. The second-order valence-electron chi connectivity index (χ2n) is 6.38. The number of pyridine rings is 1. The quantitative estimate of drug-likeness (QED) is 0.866. The van der Waals surface area contributed by atoms with Crippen molar-refractivity contribution >= 4 is 11.6 Å². The van der Waals surface area contributed by atoms with Gasteiger partial charge in [0.15, 0.2) is 0 Å². The Morgan fingerprint density at radius 2 is 1.90 bits per heavy atom. The van der Waals surface area contributed by atoms with E-state index in [2.05, 4.69) is 27.7 Å². The van der Waals surface area contributed by atoms with E-state index in [0.29, 0.717) is 5.92 Å². The van der Waals surface area contributed by atoms with Gasteiger partial charge in [-0.05, 0) is 56.3 Å². The molecule has 0 spiro atoms. The van der Waals surface area contributed by atoms with E-state index in [1.54, 1.807) is 0 Å². The summed E-state index contributed by atoms with van der Waals surface area (Å²) in [6.07, 6.45) is 5.23. The first-order valence-corrected chi connectivity index (χ1v) is 8.12. The van der Waals surface area contributed by atoms with Gasteiger partial charge in [-0.3, -0.25) is 0 Å². The van der Waals surface area contributed by atoms with E-state index in [4.69, 9.17) is 4.98 Å². The van der Waals surface area contributed by atoms with Gasteiger partial charge in [-0.1, -0.05) is 6.07 Å². The van der Waals surface area contributed by atoms with Crippen LogP contribution in [0.2, 0.25) is 0 Å². The Labute approximate surface area is 121 Å². The minimum absolute atomic E-state index is 0.673. The molecule has 3 aliphatic rings. The molecule has 4 heteroatoms. The predicted molar refractivity (Wildman–Crippen MR) is 82.5 cm³/mol. The molecule has 20 heavy (non-hydrogen) atoms. The third-order valence-corrected chi connectivity index (χ3v) is 5.18. The molecule has 0 saturated carbocycles. The highest BCUT2D eigenvalue weighted by atomic mass is 15.2. The van der Waals surface area contributed by atoms with Crippen molar-refractivity contribution in [1.29, 1.82) is 0 Å². The summed E-state index contributed by atoms with van der Waals surface area (Å²) in [6, 6.07) is 4.58. The van der Waals surface area contributed by atoms with E-state index in [9.17, 15) is 0 Å². The van der Waals surface area contributed by atoms with Gasteiger partial charge in [-0.25, -0.2) is 4.98 Å². The predicted octanol–water partition coefficient (Wildman–Crippen LogP) is 2.19. The second-order valence-corrected chi connectivity index (χ2v) is 6.38. The largest absolute Gasteiger partial charge is 0.369 e. The number of aromatic nitrogens is 1. The number of anilines is 2. The van der Waals surface area contributed by atoms with Gasteiger partial charge in [-0.2, -0.15) is 0 Å². The molecule has 1 aromatic heterocycles. The van der Waals surface area contributed by atoms with Crippen molar-refractivity contribution in [3.63, 3.8) is 0 Å². The third kappa shape index (κ3) is 2.16. The molecular weight excluding hydrogens is 248 g/mol. The normalized spacial score (nSPS) is 26.6. The monoisotopic (exact) mass is 272 g/mol. The number of nitrogens with zero attached hydrogens (tertiary/aromatic N) is 2. The lowest BCUT2D eigenvalue weighted by Crippen LogP contribution is -2.31. The van der Waals surface area contributed by atoms with Crippen LogP contribution in [0.3, 0.4) is 0 Å². The highest BCUT2D eigenvalue weighted by molar-refractivity contribution is 5.58. The fourth-order valence-corrected chi connectivity index (χ4v) is 4.01. The summed E-state index contributed by atoms with van der Waals surface area (Å²) in [6.45, 7) is 5.77. The molecule has 0 aliphatic carbocycles. The molecule has 3 aliphatic heterocycles. The summed E-state index contributed by atoms with van der Waals surface area (Å²) >= 11 is 0. The minimum atomic E-state index is 0.673. The lowest BCUT2D eigenvalue weighted by molar-refractivity contribution is 0.330. The van der Waals surface area contributed by atoms with Gasteiger partial charge in [0.05, 0.1) is 0 Å². The van der Waals surface area contributed by atoms with Crippen molar-refractivity contribution in [3.05, 3.63) is 17.7 Å². The summed E-state index contributed by atoms with van der Waals surface area (Å²) in [5.74, 6) is 3.81. The average molecular weight is 272 g/mol. The molecule has 2 saturated heterocycles. The first-order chi connectivity index (χ1) is 9.92. The Morgan fingerprint density at radius 1 is 1.10 bits per heavy atom. The molecule has 0 bridgehead atoms. The highest BCUT2D eigenvalue weighted by Crippen LogP contribution is 2.39. The van der Waals surface area contributed by atoms with Gasteiger partial charge in [-0.15, -0.1) is 0 Å². The maximum absolute atomic E-state index is 4.88. The summed E-state index contributed by atoms with van der Waals surface area (Å²) in [5, 5.41) is 7.02. The van der Waals surface area contributed by atoms with E-state index >= 15 is 0 Å². The molecule has 4 rings (SSSR count). The van der Waals surface area contributed by atoms with Gasteiger partial charge in [0, 0.05) is 25.6 Å². The van der Waals surface area contributed by atoms with Crippen molar-refractivity contribution in [2.24, 2.45) is 5.92 Å².